The standard InChI is InChI=1S/C20H16N2O2S/c23-18-17-15(21-14-9-10-25-19(14)18)11-16(12-5-4-6-12)22(20(17)24)13-7-2-1-3-8-13/h1-3,7-12H,4-6H2,(H,21,23). The highest BCUT2D eigenvalue weighted by atomic mass is 32.1. The van der Waals surface area contributed by atoms with Crippen molar-refractivity contribution in [3.05, 3.63) is 74.1 Å². The SMILES string of the molecule is O=c1c2sccc2[nH]c2cc(C3CCC3)n(-c3ccccc3)c(=O)c12. The van der Waals surface area contributed by atoms with Gasteiger partial charge < -0.3 is 4.98 Å². The van der Waals surface area contributed by atoms with E-state index in [2.05, 4.69) is 4.98 Å². The zero-order valence-electron chi connectivity index (χ0n) is 13.5. The number of rotatable bonds is 2. The molecule has 1 aliphatic carbocycles. The molecule has 0 aliphatic heterocycles. The maximum Gasteiger partial charge on any atom is 0.268 e. The normalized spacial score (nSPS) is 14.9. The lowest BCUT2D eigenvalue weighted by Crippen LogP contribution is -2.29. The highest BCUT2D eigenvalue weighted by molar-refractivity contribution is 7.17. The topological polar surface area (TPSA) is 54.9 Å². The predicted molar refractivity (Wildman–Crippen MR) is 102 cm³/mol. The number of pyridine rings is 2. The molecule has 1 aromatic carbocycles. The van der Waals surface area contributed by atoms with Gasteiger partial charge in [0, 0.05) is 11.4 Å². The summed E-state index contributed by atoms with van der Waals surface area (Å²) in [5.41, 5.74) is 2.88. The van der Waals surface area contributed by atoms with E-state index in [9.17, 15) is 9.59 Å². The van der Waals surface area contributed by atoms with E-state index in [0.717, 1.165) is 29.7 Å². The minimum absolute atomic E-state index is 0.173. The Morgan fingerprint density at radius 3 is 2.56 bits per heavy atom. The summed E-state index contributed by atoms with van der Waals surface area (Å²) in [5, 5.41) is 2.13. The number of aromatic nitrogens is 2. The minimum atomic E-state index is -0.220. The summed E-state index contributed by atoms with van der Waals surface area (Å²) in [7, 11) is 0. The molecule has 0 unspecified atom stereocenters. The first-order valence-corrected chi connectivity index (χ1v) is 9.36. The third-order valence-electron chi connectivity index (χ3n) is 5.14. The number of hydrogen-bond donors (Lipinski definition) is 1. The lowest BCUT2D eigenvalue weighted by Gasteiger charge is -2.28. The summed E-state index contributed by atoms with van der Waals surface area (Å²) in [6.45, 7) is 0. The predicted octanol–water partition coefficient (Wildman–Crippen LogP) is 4.16. The maximum atomic E-state index is 13.3. The third-order valence-corrected chi connectivity index (χ3v) is 6.06. The minimum Gasteiger partial charge on any atom is -0.353 e. The van der Waals surface area contributed by atoms with Crippen LogP contribution in [0.25, 0.3) is 26.8 Å². The van der Waals surface area contributed by atoms with Gasteiger partial charge in [-0.05, 0) is 48.4 Å². The Morgan fingerprint density at radius 2 is 1.84 bits per heavy atom. The molecule has 5 rings (SSSR count). The van der Waals surface area contributed by atoms with Crippen LogP contribution in [0.15, 0.2) is 57.4 Å². The summed E-state index contributed by atoms with van der Waals surface area (Å²) in [5.74, 6) is 0.374. The zero-order chi connectivity index (χ0) is 17.0. The third kappa shape index (κ3) is 2.12. The molecular weight excluding hydrogens is 332 g/mol. The van der Waals surface area contributed by atoms with Crippen LogP contribution in [0.2, 0.25) is 0 Å². The van der Waals surface area contributed by atoms with Crippen molar-refractivity contribution >= 4 is 32.5 Å². The van der Waals surface area contributed by atoms with Gasteiger partial charge >= 0.3 is 0 Å². The van der Waals surface area contributed by atoms with Crippen LogP contribution in [0.4, 0.5) is 0 Å². The Labute approximate surface area is 147 Å². The van der Waals surface area contributed by atoms with E-state index < -0.39 is 0 Å². The largest absolute Gasteiger partial charge is 0.353 e. The number of hydrogen-bond acceptors (Lipinski definition) is 3. The second-order valence-electron chi connectivity index (χ2n) is 6.58. The molecule has 1 aliphatic rings. The zero-order valence-corrected chi connectivity index (χ0v) is 14.3. The van der Waals surface area contributed by atoms with Gasteiger partial charge in [0.05, 0.1) is 15.7 Å². The second kappa shape index (κ2) is 5.43. The van der Waals surface area contributed by atoms with Crippen molar-refractivity contribution < 1.29 is 0 Å². The van der Waals surface area contributed by atoms with Gasteiger partial charge in [0.25, 0.3) is 5.56 Å². The quantitative estimate of drug-likeness (QED) is 0.591. The Bertz CT molecular complexity index is 1210. The molecule has 0 bridgehead atoms. The summed E-state index contributed by atoms with van der Waals surface area (Å²) >= 11 is 1.37. The highest BCUT2D eigenvalue weighted by Crippen LogP contribution is 2.37. The second-order valence-corrected chi connectivity index (χ2v) is 7.50. The van der Waals surface area contributed by atoms with Gasteiger partial charge in [-0.1, -0.05) is 24.6 Å². The van der Waals surface area contributed by atoms with Crippen LogP contribution >= 0.6 is 11.3 Å². The van der Waals surface area contributed by atoms with Crippen molar-refractivity contribution in [3.8, 4) is 5.69 Å². The number of fused-ring (bicyclic) bond motifs is 2. The van der Waals surface area contributed by atoms with Gasteiger partial charge in [0.2, 0.25) is 5.43 Å². The fourth-order valence-corrected chi connectivity index (χ4v) is 4.43. The molecule has 0 spiro atoms. The van der Waals surface area contributed by atoms with Crippen LogP contribution in [0.3, 0.4) is 0 Å². The molecule has 3 aromatic heterocycles. The van der Waals surface area contributed by atoms with Gasteiger partial charge in [-0.2, -0.15) is 0 Å². The van der Waals surface area contributed by atoms with Crippen molar-refractivity contribution in [1.29, 1.82) is 0 Å². The van der Waals surface area contributed by atoms with E-state index in [1.807, 2.05) is 47.8 Å². The van der Waals surface area contributed by atoms with E-state index in [1.165, 1.54) is 17.8 Å². The Morgan fingerprint density at radius 1 is 1.04 bits per heavy atom. The first-order chi connectivity index (χ1) is 12.2. The number of H-pyrrole nitrogens is 1. The lowest BCUT2D eigenvalue weighted by atomic mass is 9.82. The number of thiophene rings is 1. The molecule has 124 valence electrons. The number of benzene rings is 1. The molecular formula is C20H16N2O2S. The van der Waals surface area contributed by atoms with Crippen LogP contribution in [0.5, 0.6) is 0 Å². The van der Waals surface area contributed by atoms with Crippen LogP contribution < -0.4 is 11.0 Å². The molecule has 1 saturated carbocycles. The first kappa shape index (κ1) is 14.7. The molecule has 0 amide bonds. The number of nitrogens with one attached hydrogen (secondary N) is 1. The Balaban J connectivity index is 1.95. The van der Waals surface area contributed by atoms with Crippen LogP contribution in [-0.4, -0.2) is 9.55 Å². The van der Waals surface area contributed by atoms with Gasteiger partial charge in [0.15, 0.2) is 0 Å². The van der Waals surface area contributed by atoms with Crippen LogP contribution in [0, 0.1) is 0 Å². The van der Waals surface area contributed by atoms with E-state index in [-0.39, 0.29) is 16.4 Å². The van der Waals surface area contributed by atoms with E-state index in [1.54, 1.807) is 4.57 Å². The Hall–Kier alpha value is -2.66. The molecule has 5 heteroatoms. The number of para-hydroxylation sites is 1. The van der Waals surface area contributed by atoms with Gasteiger partial charge in [0.1, 0.15) is 5.39 Å². The fraction of sp³-hybridized carbons (Fsp3) is 0.200. The summed E-state index contributed by atoms with van der Waals surface area (Å²) < 4.78 is 2.35. The lowest BCUT2D eigenvalue weighted by molar-refractivity contribution is 0.404. The number of aromatic amines is 1. The summed E-state index contributed by atoms with van der Waals surface area (Å²) in [4.78, 5) is 29.5. The average molecular weight is 348 g/mol. The molecule has 0 radical (unpaired) electrons. The van der Waals surface area contributed by atoms with Gasteiger partial charge in [-0.25, -0.2) is 0 Å². The van der Waals surface area contributed by atoms with Crippen molar-refractivity contribution in [1.82, 2.24) is 9.55 Å². The maximum absolute atomic E-state index is 13.3. The molecule has 25 heavy (non-hydrogen) atoms. The molecule has 0 atom stereocenters. The van der Waals surface area contributed by atoms with Gasteiger partial charge in [-0.3, -0.25) is 14.2 Å². The van der Waals surface area contributed by atoms with Crippen LogP contribution in [-0.2, 0) is 0 Å². The Kier molecular flexibility index (Phi) is 3.18. The monoisotopic (exact) mass is 348 g/mol. The molecule has 4 aromatic rings. The fourth-order valence-electron chi connectivity index (χ4n) is 3.64. The molecule has 0 saturated heterocycles. The molecule has 4 nitrogen and oxygen atoms in total. The number of nitrogens with zero attached hydrogens (tertiary/aromatic N) is 1. The average Bonchev–Trinajstić information content (AvgIpc) is 3.03. The van der Waals surface area contributed by atoms with Crippen molar-refractivity contribution in [2.24, 2.45) is 0 Å². The van der Waals surface area contributed by atoms with E-state index >= 15 is 0 Å². The first-order valence-electron chi connectivity index (χ1n) is 8.48. The van der Waals surface area contributed by atoms with Crippen molar-refractivity contribution in [3.63, 3.8) is 0 Å². The molecule has 1 N–H and O–H groups in total. The van der Waals surface area contributed by atoms with E-state index in [4.69, 9.17) is 0 Å². The molecule has 1 fully saturated rings. The van der Waals surface area contributed by atoms with E-state index in [0.29, 0.717) is 16.1 Å². The summed E-state index contributed by atoms with van der Waals surface area (Å²) in [6, 6.07) is 13.5. The highest BCUT2D eigenvalue weighted by Gasteiger charge is 2.25. The molecule has 3 heterocycles. The smallest absolute Gasteiger partial charge is 0.268 e. The van der Waals surface area contributed by atoms with Gasteiger partial charge in [-0.15, -0.1) is 11.3 Å². The van der Waals surface area contributed by atoms with Crippen molar-refractivity contribution in [2.75, 3.05) is 0 Å². The van der Waals surface area contributed by atoms with Crippen molar-refractivity contribution in [2.45, 2.75) is 25.2 Å². The summed E-state index contributed by atoms with van der Waals surface area (Å²) in [6.07, 6.45) is 3.36. The van der Waals surface area contributed by atoms with Crippen LogP contribution in [0.1, 0.15) is 30.9 Å².